The number of para-hydroxylation sites is 1. The highest BCUT2D eigenvalue weighted by Gasteiger charge is 2.32. The van der Waals surface area contributed by atoms with Crippen LogP contribution in [-0.4, -0.2) is 24.8 Å². The van der Waals surface area contributed by atoms with Crippen molar-refractivity contribution < 1.29 is 9.53 Å². The van der Waals surface area contributed by atoms with Crippen molar-refractivity contribution in [1.82, 2.24) is 5.01 Å². The van der Waals surface area contributed by atoms with E-state index >= 15 is 0 Å². The average Bonchev–Trinajstić information content (AvgIpc) is 3.11. The highest BCUT2D eigenvalue weighted by Crippen LogP contribution is 2.33. The van der Waals surface area contributed by atoms with Crippen molar-refractivity contribution >= 4 is 11.8 Å². The average molecular weight is 274 g/mol. The third-order valence-corrected chi connectivity index (χ3v) is 4.47. The van der Waals surface area contributed by atoms with Crippen LogP contribution in [0.5, 0.6) is 0 Å². The van der Waals surface area contributed by atoms with E-state index in [-0.39, 0.29) is 6.09 Å². The van der Waals surface area contributed by atoms with Gasteiger partial charge in [0.05, 0.1) is 12.8 Å². The minimum Gasteiger partial charge on any atom is -0.452 e. The summed E-state index contributed by atoms with van der Waals surface area (Å²) < 4.78 is 4.94. The van der Waals surface area contributed by atoms with Gasteiger partial charge in [0.2, 0.25) is 0 Å². The molecule has 1 fully saturated rings. The number of methoxy groups -OCH3 is 1. The van der Waals surface area contributed by atoms with Gasteiger partial charge in [0.1, 0.15) is 0 Å². The van der Waals surface area contributed by atoms with Crippen LogP contribution in [0.3, 0.4) is 0 Å². The third-order valence-electron chi connectivity index (χ3n) is 4.47. The number of hydrogen-bond donors (Lipinski definition) is 0. The number of fused-ring (bicyclic) bond motifs is 1. The Morgan fingerprint density at radius 3 is 2.80 bits per heavy atom. The zero-order valence-electron chi connectivity index (χ0n) is 12.0. The number of carbonyl (C=O) groups excluding carboxylic acids is 1. The molecule has 4 heteroatoms. The molecule has 4 nitrogen and oxygen atoms in total. The standard InChI is InChI=1S/C16H22N2O2/c1-20-16(19)18-15-9-5-4-8-14(15)12-17(18)11-10-13-6-2-3-7-13/h4-5,8-9,13H,2-3,6-7,10-12H2,1H3. The van der Waals surface area contributed by atoms with E-state index in [1.807, 2.05) is 18.2 Å². The molecular weight excluding hydrogens is 252 g/mol. The van der Waals surface area contributed by atoms with Crippen LogP contribution in [0.15, 0.2) is 24.3 Å². The van der Waals surface area contributed by atoms with Gasteiger partial charge in [-0.1, -0.05) is 43.9 Å². The predicted molar refractivity (Wildman–Crippen MR) is 78.3 cm³/mol. The molecule has 1 aromatic rings. The lowest BCUT2D eigenvalue weighted by Gasteiger charge is -2.27. The van der Waals surface area contributed by atoms with E-state index in [2.05, 4.69) is 11.1 Å². The SMILES string of the molecule is COC(=O)N1c2ccccc2CN1CCC1CCCC1. The van der Waals surface area contributed by atoms with Crippen molar-refractivity contribution in [3.05, 3.63) is 29.8 Å². The highest BCUT2D eigenvalue weighted by atomic mass is 16.5. The normalized spacial score (nSPS) is 19.4. The maximum atomic E-state index is 12.0. The summed E-state index contributed by atoms with van der Waals surface area (Å²) >= 11 is 0. The maximum absolute atomic E-state index is 12.0. The van der Waals surface area contributed by atoms with Crippen LogP contribution in [0.25, 0.3) is 0 Å². The lowest BCUT2D eigenvalue weighted by Crippen LogP contribution is -2.43. The second kappa shape index (κ2) is 5.83. The topological polar surface area (TPSA) is 32.8 Å². The van der Waals surface area contributed by atoms with Gasteiger partial charge in [-0.25, -0.2) is 14.8 Å². The Morgan fingerprint density at radius 2 is 2.05 bits per heavy atom. The van der Waals surface area contributed by atoms with Gasteiger partial charge in [-0.05, 0) is 24.0 Å². The largest absolute Gasteiger partial charge is 0.452 e. The molecule has 0 atom stereocenters. The monoisotopic (exact) mass is 274 g/mol. The Kier molecular flexibility index (Phi) is 3.92. The van der Waals surface area contributed by atoms with E-state index < -0.39 is 0 Å². The van der Waals surface area contributed by atoms with Crippen LogP contribution in [-0.2, 0) is 11.3 Å². The number of rotatable bonds is 3. The molecule has 1 saturated carbocycles. The molecular formula is C16H22N2O2. The molecule has 1 aliphatic carbocycles. The summed E-state index contributed by atoms with van der Waals surface area (Å²) in [6.07, 6.45) is 6.30. The van der Waals surface area contributed by atoms with Crippen molar-refractivity contribution in [2.24, 2.45) is 5.92 Å². The van der Waals surface area contributed by atoms with E-state index in [0.717, 1.165) is 24.7 Å². The van der Waals surface area contributed by atoms with Crippen molar-refractivity contribution in [2.75, 3.05) is 18.7 Å². The fraction of sp³-hybridized carbons (Fsp3) is 0.562. The Morgan fingerprint density at radius 1 is 1.30 bits per heavy atom. The van der Waals surface area contributed by atoms with E-state index in [0.29, 0.717) is 0 Å². The lowest BCUT2D eigenvalue weighted by molar-refractivity contribution is 0.149. The summed E-state index contributed by atoms with van der Waals surface area (Å²) in [6, 6.07) is 8.06. The first kappa shape index (κ1) is 13.4. The lowest BCUT2D eigenvalue weighted by atomic mass is 10.0. The van der Waals surface area contributed by atoms with Gasteiger partial charge < -0.3 is 4.74 Å². The van der Waals surface area contributed by atoms with E-state index in [1.165, 1.54) is 44.8 Å². The molecule has 1 aliphatic heterocycles. The van der Waals surface area contributed by atoms with Crippen molar-refractivity contribution in [2.45, 2.75) is 38.6 Å². The summed E-state index contributed by atoms with van der Waals surface area (Å²) in [4.78, 5) is 12.0. The number of anilines is 1. The molecule has 1 amide bonds. The minimum absolute atomic E-state index is 0.290. The first-order chi connectivity index (χ1) is 9.79. The summed E-state index contributed by atoms with van der Waals surface area (Å²) in [5.41, 5.74) is 2.16. The smallest absolute Gasteiger partial charge is 0.428 e. The van der Waals surface area contributed by atoms with Crippen LogP contribution in [0.1, 0.15) is 37.7 Å². The Hall–Kier alpha value is -1.55. The number of carbonyl (C=O) groups is 1. The molecule has 1 aromatic carbocycles. The number of hydrazine groups is 1. The van der Waals surface area contributed by atoms with Gasteiger partial charge in [-0.15, -0.1) is 0 Å². The van der Waals surface area contributed by atoms with Gasteiger partial charge in [0.15, 0.2) is 0 Å². The number of ether oxygens (including phenoxy) is 1. The first-order valence-electron chi connectivity index (χ1n) is 7.50. The fourth-order valence-electron chi connectivity index (χ4n) is 3.38. The van der Waals surface area contributed by atoms with Gasteiger partial charge in [0, 0.05) is 13.1 Å². The maximum Gasteiger partial charge on any atom is 0.428 e. The molecule has 2 aliphatic rings. The molecule has 0 saturated heterocycles. The second-order valence-electron chi connectivity index (χ2n) is 5.74. The highest BCUT2D eigenvalue weighted by molar-refractivity contribution is 5.88. The molecule has 108 valence electrons. The predicted octanol–water partition coefficient (Wildman–Crippen LogP) is 3.57. The van der Waals surface area contributed by atoms with Gasteiger partial charge in [0.25, 0.3) is 0 Å². The molecule has 0 N–H and O–H groups in total. The molecule has 1 heterocycles. The fourth-order valence-corrected chi connectivity index (χ4v) is 3.38. The summed E-state index contributed by atoms with van der Waals surface area (Å²) in [5.74, 6) is 0.832. The molecule has 0 unspecified atom stereocenters. The summed E-state index contributed by atoms with van der Waals surface area (Å²) in [5, 5.41) is 3.82. The number of benzene rings is 1. The molecule has 0 bridgehead atoms. The van der Waals surface area contributed by atoms with E-state index in [9.17, 15) is 4.79 Å². The molecule has 0 aromatic heterocycles. The quantitative estimate of drug-likeness (QED) is 0.844. The van der Waals surface area contributed by atoms with Gasteiger partial charge in [-0.2, -0.15) is 0 Å². The van der Waals surface area contributed by atoms with Crippen LogP contribution in [0, 0.1) is 5.92 Å². The third kappa shape index (κ3) is 2.52. The van der Waals surface area contributed by atoms with Gasteiger partial charge in [-0.3, -0.25) is 0 Å². The van der Waals surface area contributed by atoms with Crippen LogP contribution >= 0.6 is 0 Å². The van der Waals surface area contributed by atoms with Gasteiger partial charge >= 0.3 is 6.09 Å². The van der Waals surface area contributed by atoms with Crippen LogP contribution < -0.4 is 5.01 Å². The zero-order chi connectivity index (χ0) is 13.9. The summed E-state index contributed by atoms with van der Waals surface area (Å²) in [7, 11) is 1.44. The van der Waals surface area contributed by atoms with E-state index in [1.54, 1.807) is 5.01 Å². The minimum atomic E-state index is -0.290. The van der Waals surface area contributed by atoms with E-state index in [4.69, 9.17) is 4.74 Å². The second-order valence-corrected chi connectivity index (χ2v) is 5.74. The Labute approximate surface area is 120 Å². The number of hydrogen-bond acceptors (Lipinski definition) is 3. The number of amides is 1. The van der Waals surface area contributed by atoms with Crippen molar-refractivity contribution in [3.8, 4) is 0 Å². The molecule has 0 radical (unpaired) electrons. The molecule has 20 heavy (non-hydrogen) atoms. The first-order valence-corrected chi connectivity index (χ1v) is 7.50. The van der Waals surface area contributed by atoms with Crippen molar-refractivity contribution in [1.29, 1.82) is 0 Å². The number of nitrogens with zero attached hydrogens (tertiary/aromatic N) is 2. The Balaban J connectivity index is 1.71. The molecule has 3 rings (SSSR count). The molecule has 0 spiro atoms. The zero-order valence-corrected chi connectivity index (χ0v) is 12.0. The summed E-state index contributed by atoms with van der Waals surface area (Å²) in [6.45, 7) is 1.73. The van der Waals surface area contributed by atoms with Crippen molar-refractivity contribution in [3.63, 3.8) is 0 Å². The Bertz CT molecular complexity index is 483. The van der Waals surface area contributed by atoms with Crippen LogP contribution in [0.4, 0.5) is 10.5 Å². The van der Waals surface area contributed by atoms with Crippen LogP contribution in [0.2, 0.25) is 0 Å².